The van der Waals surface area contributed by atoms with Crippen LogP contribution < -0.4 is 10.2 Å². The SMILES string of the molecule is CNc1ncnc(N(CCC#N)CC(C)C)c1C. The van der Waals surface area contributed by atoms with Gasteiger partial charge in [0.2, 0.25) is 0 Å². The van der Waals surface area contributed by atoms with Crippen LogP contribution in [0.2, 0.25) is 0 Å². The molecule has 18 heavy (non-hydrogen) atoms. The molecule has 1 heterocycles. The Morgan fingerprint density at radius 2 is 2.17 bits per heavy atom. The lowest BCUT2D eigenvalue weighted by Crippen LogP contribution is -2.30. The fourth-order valence-corrected chi connectivity index (χ4v) is 1.92. The smallest absolute Gasteiger partial charge is 0.137 e. The normalized spacial score (nSPS) is 10.2. The molecule has 98 valence electrons. The zero-order valence-electron chi connectivity index (χ0n) is 11.6. The standard InChI is InChI=1S/C13H21N5/c1-10(2)8-18(7-5-6-14)13-11(3)12(15-4)16-9-17-13/h9-10H,5,7-8H2,1-4H3,(H,15,16,17). The molecule has 0 radical (unpaired) electrons. The lowest BCUT2D eigenvalue weighted by Gasteiger charge is -2.26. The molecule has 0 aliphatic heterocycles. The Bertz CT molecular complexity index is 422. The number of aromatic nitrogens is 2. The minimum atomic E-state index is 0.505. The van der Waals surface area contributed by atoms with Crippen LogP contribution in [0.5, 0.6) is 0 Å². The van der Waals surface area contributed by atoms with Gasteiger partial charge in [-0.2, -0.15) is 5.26 Å². The Labute approximate surface area is 109 Å². The second kappa shape index (κ2) is 6.80. The van der Waals surface area contributed by atoms with Crippen molar-refractivity contribution in [3.63, 3.8) is 0 Å². The maximum Gasteiger partial charge on any atom is 0.137 e. The van der Waals surface area contributed by atoms with Crippen LogP contribution in [-0.4, -0.2) is 30.1 Å². The number of anilines is 2. The van der Waals surface area contributed by atoms with Gasteiger partial charge in [-0.3, -0.25) is 0 Å². The van der Waals surface area contributed by atoms with Crippen LogP contribution in [0.3, 0.4) is 0 Å². The van der Waals surface area contributed by atoms with Crippen molar-refractivity contribution in [1.82, 2.24) is 9.97 Å². The van der Waals surface area contributed by atoms with Crippen LogP contribution in [0.4, 0.5) is 11.6 Å². The van der Waals surface area contributed by atoms with Gasteiger partial charge in [0.1, 0.15) is 18.0 Å². The molecule has 0 unspecified atom stereocenters. The summed E-state index contributed by atoms with van der Waals surface area (Å²) >= 11 is 0. The van der Waals surface area contributed by atoms with E-state index in [1.807, 2.05) is 14.0 Å². The minimum absolute atomic E-state index is 0.505. The van der Waals surface area contributed by atoms with Crippen molar-refractivity contribution in [3.05, 3.63) is 11.9 Å². The molecule has 0 spiro atoms. The third kappa shape index (κ3) is 3.59. The average Bonchev–Trinajstić information content (AvgIpc) is 2.34. The van der Waals surface area contributed by atoms with Crippen LogP contribution in [0.15, 0.2) is 6.33 Å². The zero-order chi connectivity index (χ0) is 13.5. The van der Waals surface area contributed by atoms with E-state index < -0.39 is 0 Å². The average molecular weight is 247 g/mol. The van der Waals surface area contributed by atoms with Gasteiger partial charge in [0, 0.05) is 25.7 Å². The fraction of sp³-hybridized carbons (Fsp3) is 0.615. The molecule has 1 N–H and O–H groups in total. The largest absolute Gasteiger partial charge is 0.373 e. The summed E-state index contributed by atoms with van der Waals surface area (Å²) in [7, 11) is 1.85. The Hall–Kier alpha value is -1.83. The van der Waals surface area contributed by atoms with Crippen molar-refractivity contribution in [1.29, 1.82) is 5.26 Å². The van der Waals surface area contributed by atoms with Gasteiger partial charge in [-0.25, -0.2) is 9.97 Å². The van der Waals surface area contributed by atoms with E-state index in [2.05, 4.69) is 40.1 Å². The van der Waals surface area contributed by atoms with Gasteiger partial charge in [0.15, 0.2) is 0 Å². The van der Waals surface area contributed by atoms with Gasteiger partial charge >= 0.3 is 0 Å². The molecule has 0 bridgehead atoms. The molecule has 1 rings (SSSR count). The predicted molar refractivity (Wildman–Crippen MR) is 73.6 cm³/mol. The number of nitriles is 1. The van der Waals surface area contributed by atoms with E-state index in [9.17, 15) is 0 Å². The van der Waals surface area contributed by atoms with Gasteiger partial charge < -0.3 is 10.2 Å². The van der Waals surface area contributed by atoms with Crippen LogP contribution in [0.1, 0.15) is 25.8 Å². The van der Waals surface area contributed by atoms with E-state index in [1.54, 1.807) is 6.33 Å². The topological polar surface area (TPSA) is 64.8 Å². The molecule has 0 saturated carbocycles. The van der Waals surface area contributed by atoms with Crippen molar-refractivity contribution in [2.75, 3.05) is 30.4 Å². The zero-order valence-corrected chi connectivity index (χ0v) is 11.6. The highest BCUT2D eigenvalue weighted by atomic mass is 15.2. The maximum absolute atomic E-state index is 8.74. The number of hydrogen-bond donors (Lipinski definition) is 1. The van der Waals surface area contributed by atoms with Gasteiger partial charge in [0.25, 0.3) is 0 Å². The molecule has 5 nitrogen and oxygen atoms in total. The van der Waals surface area contributed by atoms with Crippen LogP contribution in [0, 0.1) is 24.2 Å². The van der Waals surface area contributed by atoms with E-state index in [4.69, 9.17) is 5.26 Å². The second-order valence-electron chi connectivity index (χ2n) is 4.67. The molecule has 0 atom stereocenters. The minimum Gasteiger partial charge on any atom is -0.373 e. The van der Waals surface area contributed by atoms with Crippen LogP contribution in [-0.2, 0) is 0 Å². The third-order valence-corrected chi connectivity index (χ3v) is 2.67. The first-order valence-electron chi connectivity index (χ1n) is 6.21. The fourth-order valence-electron chi connectivity index (χ4n) is 1.92. The summed E-state index contributed by atoms with van der Waals surface area (Å²) in [6.45, 7) is 7.92. The third-order valence-electron chi connectivity index (χ3n) is 2.67. The molecule has 0 amide bonds. The number of hydrogen-bond acceptors (Lipinski definition) is 5. The van der Waals surface area contributed by atoms with Crippen molar-refractivity contribution >= 4 is 11.6 Å². The molecule has 1 aromatic heterocycles. The van der Waals surface area contributed by atoms with Gasteiger partial charge in [-0.05, 0) is 12.8 Å². The molecular weight excluding hydrogens is 226 g/mol. The lowest BCUT2D eigenvalue weighted by molar-refractivity contribution is 0.606. The van der Waals surface area contributed by atoms with E-state index >= 15 is 0 Å². The van der Waals surface area contributed by atoms with E-state index in [-0.39, 0.29) is 0 Å². The summed E-state index contributed by atoms with van der Waals surface area (Å²) in [5.74, 6) is 2.28. The molecular formula is C13H21N5. The first-order valence-corrected chi connectivity index (χ1v) is 6.21. The molecule has 1 aromatic rings. The van der Waals surface area contributed by atoms with Gasteiger partial charge in [-0.1, -0.05) is 13.8 Å². The molecule has 0 aromatic carbocycles. The highest BCUT2D eigenvalue weighted by molar-refractivity contribution is 5.57. The Kier molecular flexibility index (Phi) is 5.37. The van der Waals surface area contributed by atoms with Crippen molar-refractivity contribution in [2.24, 2.45) is 5.92 Å². The summed E-state index contributed by atoms with van der Waals surface area (Å²) < 4.78 is 0. The lowest BCUT2D eigenvalue weighted by atomic mass is 10.2. The summed E-state index contributed by atoms with van der Waals surface area (Å²) in [5.41, 5.74) is 1.03. The highest BCUT2D eigenvalue weighted by Gasteiger charge is 2.14. The molecule has 5 heteroatoms. The van der Waals surface area contributed by atoms with Crippen LogP contribution >= 0.6 is 0 Å². The van der Waals surface area contributed by atoms with E-state index in [1.165, 1.54) is 0 Å². The van der Waals surface area contributed by atoms with Crippen molar-refractivity contribution in [3.8, 4) is 6.07 Å². The molecule has 0 saturated heterocycles. The first-order chi connectivity index (χ1) is 8.60. The summed E-state index contributed by atoms with van der Waals surface area (Å²) in [6.07, 6.45) is 2.07. The Morgan fingerprint density at radius 3 is 2.72 bits per heavy atom. The molecule has 0 aliphatic carbocycles. The number of rotatable bonds is 6. The first kappa shape index (κ1) is 14.2. The Balaban J connectivity index is 3.00. The molecule has 0 aliphatic rings. The van der Waals surface area contributed by atoms with Gasteiger partial charge in [0.05, 0.1) is 12.5 Å². The van der Waals surface area contributed by atoms with E-state index in [0.29, 0.717) is 18.9 Å². The van der Waals surface area contributed by atoms with Crippen molar-refractivity contribution in [2.45, 2.75) is 27.2 Å². The number of nitrogens with one attached hydrogen (secondary N) is 1. The van der Waals surface area contributed by atoms with Gasteiger partial charge in [-0.15, -0.1) is 0 Å². The maximum atomic E-state index is 8.74. The monoisotopic (exact) mass is 247 g/mol. The predicted octanol–water partition coefficient (Wildman–Crippen LogP) is 2.20. The number of nitrogens with zero attached hydrogens (tertiary/aromatic N) is 4. The van der Waals surface area contributed by atoms with Crippen LogP contribution in [0.25, 0.3) is 0 Å². The quantitative estimate of drug-likeness (QED) is 0.835. The highest BCUT2D eigenvalue weighted by Crippen LogP contribution is 2.22. The second-order valence-corrected chi connectivity index (χ2v) is 4.67. The van der Waals surface area contributed by atoms with Crippen molar-refractivity contribution < 1.29 is 0 Å². The summed E-state index contributed by atoms with van der Waals surface area (Å²) in [6, 6.07) is 2.19. The molecule has 0 fully saturated rings. The van der Waals surface area contributed by atoms with E-state index in [0.717, 1.165) is 23.7 Å². The Morgan fingerprint density at radius 1 is 1.44 bits per heavy atom. The summed E-state index contributed by atoms with van der Waals surface area (Å²) in [4.78, 5) is 10.7. The summed E-state index contributed by atoms with van der Waals surface area (Å²) in [5, 5.41) is 11.8.